The number of nitro benzene ring substituents is 1. The van der Waals surface area contributed by atoms with E-state index in [0.29, 0.717) is 0 Å². The van der Waals surface area contributed by atoms with E-state index in [9.17, 15) is 14.9 Å². The van der Waals surface area contributed by atoms with Gasteiger partial charge in [-0.3, -0.25) is 14.9 Å². The summed E-state index contributed by atoms with van der Waals surface area (Å²) in [7, 11) is 0. The van der Waals surface area contributed by atoms with Crippen molar-refractivity contribution >= 4 is 23.2 Å². The number of nitrogens with one attached hydrogen (secondary N) is 2. The van der Waals surface area contributed by atoms with Gasteiger partial charge in [-0.25, -0.2) is 9.97 Å². The highest BCUT2D eigenvalue weighted by atomic mass is 16.6. The lowest BCUT2D eigenvalue weighted by atomic mass is 10.2. The fourth-order valence-corrected chi connectivity index (χ4v) is 1.55. The largest absolute Gasteiger partial charge is 0.329 e. The average molecular weight is 310 g/mol. The minimum atomic E-state index is -0.712. The third kappa shape index (κ3) is 4.33. The molecular formula is C14H10N6O3. The number of carbonyl (C=O) groups is 1. The van der Waals surface area contributed by atoms with E-state index in [1.807, 2.05) is 0 Å². The Bertz CT molecular complexity index is 798. The second-order valence-electron chi connectivity index (χ2n) is 4.15. The maximum absolute atomic E-state index is 12.0. The van der Waals surface area contributed by atoms with E-state index in [1.165, 1.54) is 36.7 Å². The van der Waals surface area contributed by atoms with Crippen LogP contribution in [-0.2, 0) is 4.79 Å². The number of carbonyl (C=O) groups excluding carboxylic acids is 1. The van der Waals surface area contributed by atoms with Gasteiger partial charge >= 0.3 is 0 Å². The summed E-state index contributed by atoms with van der Waals surface area (Å²) in [6.07, 6.45) is 4.15. The number of amides is 1. The Morgan fingerprint density at radius 3 is 2.70 bits per heavy atom. The standard InChI is InChI=1S/C14H10N6O3/c15-8-10(9-18-14-16-5-2-6-17-14)13(21)19-11-3-1-4-12(7-11)20(22)23/h1-7,9H,(H,19,21)(H,16,17,18)/b10-9-. The highest BCUT2D eigenvalue weighted by Crippen LogP contribution is 2.17. The van der Waals surface area contributed by atoms with E-state index >= 15 is 0 Å². The summed E-state index contributed by atoms with van der Waals surface area (Å²) >= 11 is 0. The van der Waals surface area contributed by atoms with Crippen LogP contribution in [0.5, 0.6) is 0 Å². The van der Waals surface area contributed by atoms with Crippen LogP contribution in [0.4, 0.5) is 17.3 Å². The fraction of sp³-hybridized carbons (Fsp3) is 0. The first-order chi connectivity index (χ1) is 11.1. The Morgan fingerprint density at radius 2 is 2.04 bits per heavy atom. The summed E-state index contributed by atoms with van der Waals surface area (Å²) in [6, 6.07) is 8.75. The number of benzene rings is 1. The summed E-state index contributed by atoms with van der Waals surface area (Å²) in [6.45, 7) is 0. The highest BCUT2D eigenvalue weighted by molar-refractivity contribution is 6.06. The zero-order valence-electron chi connectivity index (χ0n) is 11.6. The zero-order chi connectivity index (χ0) is 16.7. The van der Waals surface area contributed by atoms with E-state index in [1.54, 1.807) is 12.1 Å². The lowest BCUT2D eigenvalue weighted by Gasteiger charge is -2.04. The number of aromatic nitrogens is 2. The molecule has 0 radical (unpaired) electrons. The molecule has 0 aliphatic heterocycles. The Balaban J connectivity index is 2.10. The number of anilines is 2. The monoisotopic (exact) mass is 310 g/mol. The van der Waals surface area contributed by atoms with Crippen LogP contribution in [0.2, 0.25) is 0 Å². The lowest BCUT2D eigenvalue weighted by Crippen LogP contribution is -2.14. The lowest BCUT2D eigenvalue weighted by molar-refractivity contribution is -0.384. The van der Waals surface area contributed by atoms with Crippen LogP contribution in [0.3, 0.4) is 0 Å². The molecule has 2 N–H and O–H groups in total. The molecule has 114 valence electrons. The van der Waals surface area contributed by atoms with Crippen LogP contribution in [0, 0.1) is 21.4 Å². The van der Waals surface area contributed by atoms with Gasteiger partial charge in [-0.2, -0.15) is 5.26 Å². The second kappa shape index (κ2) is 7.28. The van der Waals surface area contributed by atoms with Crippen LogP contribution in [0.15, 0.2) is 54.5 Å². The first-order valence-corrected chi connectivity index (χ1v) is 6.30. The first kappa shape index (κ1) is 15.6. The maximum Gasteiger partial charge on any atom is 0.271 e. The van der Waals surface area contributed by atoms with Gasteiger partial charge in [0.25, 0.3) is 11.6 Å². The van der Waals surface area contributed by atoms with Crippen molar-refractivity contribution in [2.45, 2.75) is 0 Å². The smallest absolute Gasteiger partial charge is 0.271 e. The fourth-order valence-electron chi connectivity index (χ4n) is 1.55. The predicted molar refractivity (Wildman–Crippen MR) is 81.1 cm³/mol. The summed E-state index contributed by atoms with van der Waals surface area (Å²) in [4.78, 5) is 29.9. The zero-order valence-corrected chi connectivity index (χ0v) is 11.6. The predicted octanol–water partition coefficient (Wildman–Crippen LogP) is 1.84. The molecular weight excluding hydrogens is 300 g/mol. The SMILES string of the molecule is N#C/C(=C/Nc1ncccn1)C(=O)Nc1cccc([N+](=O)[O-])c1. The van der Waals surface area contributed by atoms with E-state index < -0.39 is 10.8 Å². The van der Waals surface area contributed by atoms with E-state index in [4.69, 9.17) is 5.26 Å². The van der Waals surface area contributed by atoms with E-state index in [2.05, 4.69) is 20.6 Å². The number of hydrogen-bond acceptors (Lipinski definition) is 7. The van der Waals surface area contributed by atoms with E-state index in [-0.39, 0.29) is 22.9 Å². The molecule has 2 rings (SSSR count). The van der Waals surface area contributed by atoms with Crippen molar-refractivity contribution in [3.63, 3.8) is 0 Å². The molecule has 2 aromatic rings. The summed E-state index contributed by atoms with van der Waals surface area (Å²) in [5, 5.41) is 24.7. The third-order valence-electron chi connectivity index (χ3n) is 2.59. The quantitative estimate of drug-likeness (QED) is 0.372. The molecule has 0 unspecified atom stereocenters. The molecule has 0 saturated carbocycles. The van der Waals surface area contributed by atoms with Gasteiger partial charge in [0.15, 0.2) is 0 Å². The molecule has 9 heteroatoms. The molecule has 0 saturated heterocycles. The summed E-state index contributed by atoms with van der Waals surface area (Å²) in [5.74, 6) is -0.486. The number of nitro groups is 1. The number of rotatable bonds is 5. The molecule has 0 bridgehead atoms. The van der Waals surface area contributed by atoms with Crippen LogP contribution >= 0.6 is 0 Å². The normalized spacial score (nSPS) is 10.5. The van der Waals surface area contributed by atoms with Gasteiger partial charge in [0, 0.05) is 36.4 Å². The van der Waals surface area contributed by atoms with Crippen molar-refractivity contribution in [1.29, 1.82) is 5.26 Å². The molecule has 0 aliphatic carbocycles. The highest BCUT2D eigenvalue weighted by Gasteiger charge is 2.12. The Hall–Kier alpha value is -3.80. The third-order valence-corrected chi connectivity index (χ3v) is 2.59. The molecule has 1 heterocycles. The second-order valence-corrected chi connectivity index (χ2v) is 4.15. The van der Waals surface area contributed by atoms with Gasteiger partial charge in [-0.15, -0.1) is 0 Å². The molecule has 1 amide bonds. The molecule has 0 aliphatic rings. The Kier molecular flexibility index (Phi) is 4.93. The van der Waals surface area contributed by atoms with Crippen molar-refractivity contribution in [3.05, 3.63) is 64.6 Å². The van der Waals surface area contributed by atoms with Crippen molar-refractivity contribution < 1.29 is 9.72 Å². The minimum Gasteiger partial charge on any atom is -0.329 e. The van der Waals surface area contributed by atoms with Crippen LogP contribution in [-0.4, -0.2) is 20.8 Å². The van der Waals surface area contributed by atoms with Gasteiger partial charge < -0.3 is 10.6 Å². The van der Waals surface area contributed by atoms with Gasteiger partial charge in [0.05, 0.1) is 4.92 Å². The number of hydrogen-bond donors (Lipinski definition) is 2. The van der Waals surface area contributed by atoms with Gasteiger partial charge in [-0.1, -0.05) is 6.07 Å². The average Bonchev–Trinajstić information content (AvgIpc) is 2.56. The number of nitriles is 1. The molecule has 0 atom stereocenters. The van der Waals surface area contributed by atoms with Gasteiger partial charge in [0.1, 0.15) is 11.6 Å². The van der Waals surface area contributed by atoms with Crippen molar-refractivity contribution in [1.82, 2.24) is 9.97 Å². The molecule has 9 nitrogen and oxygen atoms in total. The molecule has 1 aromatic heterocycles. The summed E-state index contributed by atoms with van der Waals surface area (Å²) in [5.41, 5.74) is -0.189. The Morgan fingerprint density at radius 1 is 1.30 bits per heavy atom. The number of nitrogens with zero attached hydrogens (tertiary/aromatic N) is 4. The van der Waals surface area contributed by atoms with Crippen molar-refractivity contribution in [2.75, 3.05) is 10.6 Å². The van der Waals surface area contributed by atoms with Gasteiger partial charge in [0.2, 0.25) is 5.95 Å². The molecule has 0 spiro atoms. The topological polar surface area (TPSA) is 134 Å². The summed E-state index contributed by atoms with van der Waals surface area (Å²) < 4.78 is 0. The van der Waals surface area contributed by atoms with Crippen molar-refractivity contribution in [3.8, 4) is 6.07 Å². The van der Waals surface area contributed by atoms with Crippen LogP contribution < -0.4 is 10.6 Å². The van der Waals surface area contributed by atoms with Crippen LogP contribution in [0.1, 0.15) is 0 Å². The van der Waals surface area contributed by atoms with E-state index in [0.717, 1.165) is 6.20 Å². The molecule has 0 fully saturated rings. The van der Waals surface area contributed by atoms with Gasteiger partial charge in [-0.05, 0) is 12.1 Å². The van der Waals surface area contributed by atoms with Crippen LogP contribution in [0.25, 0.3) is 0 Å². The number of non-ortho nitro benzene ring substituents is 1. The minimum absolute atomic E-state index is 0.166. The molecule has 23 heavy (non-hydrogen) atoms. The Labute approximate surface area is 130 Å². The van der Waals surface area contributed by atoms with Crippen molar-refractivity contribution in [2.24, 2.45) is 0 Å². The molecule has 1 aromatic carbocycles. The maximum atomic E-state index is 12.0. The first-order valence-electron chi connectivity index (χ1n) is 6.30.